The zero-order valence-electron chi connectivity index (χ0n) is 22.2. The smallest absolute Gasteiger partial charge is 0.243 e. The molecule has 2 fully saturated rings. The van der Waals surface area contributed by atoms with E-state index in [2.05, 4.69) is 0 Å². The van der Waals surface area contributed by atoms with Gasteiger partial charge in [-0.05, 0) is 72.9 Å². The zero-order chi connectivity index (χ0) is 27.6. The molecule has 8 nitrogen and oxygen atoms in total. The van der Waals surface area contributed by atoms with Crippen LogP contribution in [0, 0.1) is 23.7 Å². The third-order valence-electron chi connectivity index (χ3n) is 7.91. The van der Waals surface area contributed by atoms with E-state index < -0.39 is 31.6 Å². The Kier molecular flexibility index (Phi) is 6.91. The number of nitrogens with zero attached hydrogens (tertiary/aromatic N) is 2. The van der Waals surface area contributed by atoms with Gasteiger partial charge in [0.1, 0.15) is 0 Å². The molecule has 38 heavy (non-hydrogen) atoms. The number of carbonyl (C=O) groups excluding carboxylic acids is 2. The molecule has 4 atom stereocenters. The first-order chi connectivity index (χ1) is 17.8. The van der Waals surface area contributed by atoms with Crippen LogP contribution in [0.15, 0.2) is 46.2 Å². The van der Waals surface area contributed by atoms with E-state index in [4.69, 9.17) is 0 Å². The number of sulfonamides is 2. The molecule has 1 aliphatic carbocycles. The summed E-state index contributed by atoms with van der Waals surface area (Å²) in [4.78, 5) is 26.8. The van der Waals surface area contributed by atoms with Crippen molar-refractivity contribution < 1.29 is 26.4 Å². The molecule has 2 saturated heterocycles. The van der Waals surface area contributed by atoms with E-state index in [-0.39, 0.29) is 55.7 Å². The average Bonchev–Trinajstić information content (AvgIpc) is 2.85. The summed E-state index contributed by atoms with van der Waals surface area (Å²) < 4.78 is 56.7. The van der Waals surface area contributed by atoms with Gasteiger partial charge in [-0.1, -0.05) is 27.7 Å². The molecule has 0 unspecified atom stereocenters. The molecular weight excluding hydrogens is 524 g/mol. The maximum atomic E-state index is 13.6. The lowest BCUT2D eigenvalue weighted by Gasteiger charge is -2.34. The fraction of sp³-hybridized carbons (Fsp3) is 0.500. The van der Waals surface area contributed by atoms with Crippen molar-refractivity contribution in [3.8, 4) is 0 Å². The maximum Gasteiger partial charge on any atom is 0.243 e. The summed E-state index contributed by atoms with van der Waals surface area (Å²) in [5.74, 6) is -0.118. The summed E-state index contributed by atoms with van der Waals surface area (Å²) in [7, 11) is -7.74. The monoisotopic (exact) mass is 558 g/mol. The molecule has 2 heterocycles. The maximum absolute atomic E-state index is 13.6. The second-order valence-electron chi connectivity index (χ2n) is 11.6. The van der Waals surface area contributed by atoms with E-state index in [9.17, 15) is 26.4 Å². The molecule has 0 aromatic heterocycles. The van der Waals surface area contributed by atoms with Crippen molar-refractivity contribution in [2.75, 3.05) is 26.2 Å². The van der Waals surface area contributed by atoms with Crippen molar-refractivity contribution in [3.05, 3.63) is 58.7 Å². The third-order valence-corrected chi connectivity index (χ3v) is 11.6. The number of hydrogen-bond acceptors (Lipinski definition) is 6. The van der Waals surface area contributed by atoms with Crippen LogP contribution in [0.4, 0.5) is 0 Å². The molecule has 0 radical (unpaired) electrons. The van der Waals surface area contributed by atoms with Gasteiger partial charge in [-0.3, -0.25) is 9.59 Å². The summed E-state index contributed by atoms with van der Waals surface area (Å²) in [5, 5.41) is 0. The Labute approximate surface area is 225 Å². The molecule has 5 rings (SSSR count). The van der Waals surface area contributed by atoms with Gasteiger partial charge >= 0.3 is 0 Å². The van der Waals surface area contributed by atoms with E-state index >= 15 is 0 Å². The quantitative estimate of drug-likeness (QED) is 0.482. The molecule has 0 amide bonds. The van der Waals surface area contributed by atoms with Crippen LogP contribution in [0.5, 0.6) is 0 Å². The number of benzene rings is 2. The lowest BCUT2D eigenvalue weighted by Crippen LogP contribution is -2.42. The second kappa shape index (κ2) is 9.66. The van der Waals surface area contributed by atoms with Gasteiger partial charge in [0.05, 0.1) is 9.79 Å². The molecular formula is C28H34N2O6S2. The highest BCUT2D eigenvalue weighted by Crippen LogP contribution is 2.34. The molecule has 3 aliphatic rings. The Morgan fingerprint density at radius 3 is 1.21 bits per heavy atom. The number of ketones is 2. The fourth-order valence-electron chi connectivity index (χ4n) is 6.33. The lowest BCUT2D eigenvalue weighted by molar-refractivity contribution is 0.0978. The Bertz CT molecular complexity index is 1400. The standard InChI is InChI=1S/C28H34N2O6S2/c1-17-9-18(2)14-29(13-17)37(33,34)21-5-7-23-25(11-21)28(32)26-12-22(6-8-24(26)27(23)31)38(35,36)30-15-19(3)10-20(4)16-30/h5-8,11-12,17-20H,9-10,13-16H2,1-4H3/t17-,18+,19-,20+. The molecule has 2 aliphatic heterocycles. The number of fused-ring (bicyclic) bond motifs is 2. The summed E-state index contributed by atoms with van der Waals surface area (Å²) in [6.07, 6.45) is 1.89. The van der Waals surface area contributed by atoms with Gasteiger partial charge in [-0.2, -0.15) is 8.61 Å². The van der Waals surface area contributed by atoms with Crippen molar-refractivity contribution in [2.45, 2.75) is 50.3 Å². The summed E-state index contributed by atoms with van der Waals surface area (Å²) in [6, 6.07) is 8.09. The second-order valence-corrected chi connectivity index (χ2v) is 15.5. The Morgan fingerprint density at radius 2 is 0.868 bits per heavy atom. The van der Waals surface area contributed by atoms with Crippen molar-refractivity contribution in [2.24, 2.45) is 23.7 Å². The van der Waals surface area contributed by atoms with Crippen LogP contribution in [0.25, 0.3) is 0 Å². The van der Waals surface area contributed by atoms with Crippen LogP contribution in [0.2, 0.25) is 0 Å². The van der Waals surface area contributed by atoms with Gasteiger partial charge in [0.25, 0.3) is 0 Å². The van der Waals surface area contributed by atoms with Gasteiger partial charge in [-0.15, -0.1) is 0 Å². The molecule has 2 aromatic carbocycles. The van der Waals surface area contributed by atoms with Gasteiger partial charge in [0, 0.05) is 48.4 Å². The average molecular weight is 559 g/mol. The Balaban J connectivity index is 1.51. The Morgan fingerprint density at radius 1 is 0.553 bits per heavy atom. The predicted molar refractivity (Wildman–Crippen MR) is 143 cm³/mol. The van der Waals surface area contributed by atoms with Gasteiger partial charge < -0.3 is 0 Å². The number of carbonyl (C=O) groups is 2. The van der Waals surface area contributed by atoms with Gasteiger partial charge in [0.15, 0.2) is 11.6 Å². The lowest BCUT2D eigenvalue weighted by atomic mass is 9.84. The number of piperidine rings is 2. The first kappa shape index (κ1) is 27.2. The zero-order valence-corrected chi connectivity index (χ0v) is 23.8. The number of hydrogen-bond donors (Lipinski definition) is 0. The summed E-state index contributed by atoms with van der Waals surface area (Å²) >= 11 is 0. The van der Waals surface area contributed by atoms with Crippen molar-refractivity contribution in [3.63, 3.8) is 0 Å². The van der Waals surface area contributed by atoms with Crippen molar-refractivity contribution in [1.82, 2.24) is 8.61 Å². The van der Waals surface area contributed by atoms with Crippen LogP contribution in [-0.4, -0.2) is 63.2 Å². The molecule has 10 heteroatoms. The highest BCUT2D eigenvalue weighted by molar-refractivity contribution is 7.89. The summed E-state index contributed by atoms with van der Waals surface area (Å²) in [6.45, 7) is 9.65. The minimum absolute atomic E-state index is 0.0172. The first-order valence-corrected chi connectivity index (χ1v) is 16.0. The minimum atomic E-state index is -3.87. The molecule has 0 spiro atoms. The fourth-order valence-corrected chi connectivity index (χ4v) is 9.74. The van der Waals surface area contributed by atoms with Crippen LogP contribution in [0.1, 0.15) is 72.4 Å². The largest absolute Gasteiger partial charge is 0.289 e. The van der Waals surface area contributed by atoms with Crippen LogP contribution in [-0.2, 0) is 20.0 Å². The van der Waals surface area contributed by atoms with E-state index in [0.29, 0.717) is 26.2 Å². The van der Waals surface area contributed by atoms with Crippen molar-refractivity contribution in [1.29, 1.82) is 0 Å². The molecule has 0 N–H and O–H groups in total. The van der Waals surface area contributed by atoms with Crippen molar-refractivity contribution >= 4 is 31.6 Å². The van der Waals surface area contributed by atoms with Gasteiger partial charge in [-0.25, -0.2) is 16.8 Å². The van der Waals surface area contributed by atoms with Crippen LogP contribution < -0.4 is 0 Å². The minimum Gasteiger partial charge on any atom is -0.289 e. The van der Waals surface area contributed by atoms with Crippen LogP contribution in [0.3, 0.4) is 0 Å². The van der Waals surface area contributed by atoms with E-state index in [0.717, 1.165) is 12.8 Å². The van der Waals surface area contributed by atoms with Crippen LogP contribution >= 0.6 is 0 Å². The van der Waals surface area contributed by atoms with E-state index in [1.54, 1.807) is 0 Å². The molecule has 0 bridgehead atoms. The SMILES string of the molecule is C[C@@H]1C[C@H](C)CN(S(=O)(=O)c2ccc3c(c2)C(=O)c2cc(S(=O)(=O)N4C[C@H](C)C[C@H](C)C4)ccc2C3=O)C1. The topological polar surface area (TPSA) is 109 Å². The molecule has 2 aromatic rings. The Hall–Kier alpha value is -2.40. The van der Waals surface area contributed by atoms with Gasteiger partial charge in [0.2, 0.25) is 20.0 Å². The highest BCUT2D eigenvalue weighted by Gasteiger charge is 2.37. The molecule has 204 valence electrons. The highest BCUT2D eigenvalue weighted by atomic mass is 32.2. The first-order valence-electron chi connectivity index (χ1n) is 13.2. The van der Waals surface area contributed by atoms with E-state index in [1.807, 2.05) is 27.7 Å². The summed E-state index contributed by atoms with van der Waals surface area (Å²) in [5.41, 5.74) is 0.208. The number of rotatable bonds is 4. The third kappa shape index (κ3) is 4.65. The normalized spacial score (nSPS) is 27.2. The predicted octanol–water partition coefficient (Wildman–Crippen LogP) is 3.80. The molecule has 0 saturated carbocycles. The van der Waals surface area contributed by atoms with E-state index in [1.165, 1.54) is 45.0 Å².